The van der Waals surface area contributed by atoms with E-state index in [-0.39, 0.29) is 6.42 Å². The van der Waals surface area contributed by atoms with Gasteiger partial charge in [0, 0.05) is 11.4 Å². The van der Waals surface area contributed by atoms with Crippen LogP contribution in [0, 0.1) is 13.8 Å². The lowest BCUT2D eigenvalue weighted by atomic mass is 10.1. The Morgan fingerprint density at radius 2 is 1.95 bits per heavy atom. The van der Waals surface area contributed by atoms with Crippen molar-refractivity contribution in [2.75, 3.05) is 5.32 Å². The third-order valence-electron chi connectivity index (χ3n) is 2.94. The number of carboxylic acids is 1. The number of anilines is 2. The van der Waals surface area contributed by atoms with Gasteiger partial charge in [-0.1, -0.05) is 24.3 Å². The van der Waals surface area contributed by atoms with Gasteiger partial charge in [0.2, 0.25) is 0 Å². The van der Waals surface area contributed by atoms with Gasteiger partial charge in [0.1, 0.15) is 0 Å². The molecular weight excluding hydrogens is 238 g/mol. The molecule has 0 fully saturated rings. The first-order chi connectivity index (χ1) is 9.04. The van der Waals surface area contributed by atoms with E-state index in [2.05, 4.69) is 11.4 Å². The van der Waals surface area contributed by atoms with Gasteiger partial charge in [-0.15, -0.1) is 0 Å². The lowest BCUT2D eigenvalue weighted by Crippen LogP contribution is -2.01. The monoisotopic (exact) mass is 255 g/mol. The maximum atomic E-state index is 10.7. The van der Waals surface area contributed by atoms with Gasteiger partial charge in [-0.05, 0) is 48.7 Å². The fourth-order valence-corrected chi connectivity index (χ4v) is 2.03. The molecule has 0 amide bonds. The van der Waals surface area contributed by atoms with Gasteiger partial charge in [0.05, 0.1) is 6.42 Å². The molecule has 0 saturated heterocycles. The van der Waals surface area contributed by atoms with Gasteiger partial charge < -0.3 is 10.4 Å². The standard InChI is InChI=1S/C16H17NO2/c1-11-4-3-5-14(8-11)17-15-7-6-13(9-12(15)2)10-16(18)19/h3-9,17H,10H2,1-2H3,(H,18,19). The van der Waals surface area contributed by atoms with Crippen molar-refractivity contribution in [1.82, 2.24) is 0 Å². The largest absolute Gasteiger partial charge is 0.481 e. The number of aliphatic carboxylic acids is 1. The Morgan fingerprint density at radius 3 is 2.58 bits per heavy atom. The predicted molar refractivity (Wildman–Crippen MR) is 77.0 cm³/mol. The zero-order chi connectivity index (χ0) is 13.8. The molecule has 2 rings (SSSR count). The summed E-state index contributed by atoms with van der Waals surface area (Å²) in [6, 6.07) is 13.8. The minimum atomic E-state index is -0.807. The molecule has 0 saturated carbocycles. The molecule has 3 heteroatoms. The molecule has 0 radical (unpaired) electrons. The number of hydrogen-bond acceptors (Lipinski definition) is 2. The predicted octanol–water partition coefficient (Wildman–Crippen LogP) is 3.67. The van der Waals surface area contributed by atoms with E-state index in [4.69, 9.17) is 5.11 Å². The molecule has 0 aromatic heterocycles. The smallest absolute Gasteiger partial charge is 0.307 e. The summed E-state index contributed by atoms with van der Waals surface area (Å²) in [5.41, 5.74) is 5.10. The highest BCUT2D eigenvalue weighted by Crippen LogP contribution is 2.22. The Morgan fingerprint density at radius 1 is 1.16 bits per heavy atom. The highest BCUT2D eigenvalue weighted by Gasteiger charge is 2.04. The Hall–Kier alpha value is -2.29. The Bertz CT molecular complexity index is 605. The van der Waals surface area contributed by atoms with Crippen LogP contribution in [0.3, 0.4) is 0 Å². The molecule has 19 heavy (non-hydrogen) atoms. The van der Waals surface area contributed by atoms with Gasteiger partial charge in [-0.25, -0.2) is 0 Å². The van der Waals surface area contributed by atoms with Crippen LogP contribution in [0.2, 0.25) is 0 Å². The van der Waals surface area contributed by atoms with Crippen molar-refractivity contribution in [2.24, 2.45) is 0 Å². The average molecular weight is 255 g/mol. The molecule has 2 aromatic carbocycles. The van der Waals surface area contributed by atoms with E-state index < -0.39 is 5.97 Å². The van der Waals surface area contributed by atoms with Crippen molar-refractivity contribution in [3.8, 4) is 0 Å². The van der Waals surface area contributed by atoms with Crippen molar-refractivity contribution in [3.63, 3.8) is 0 Å². The van der Waals surface area contributed by atoms with E-state index in [1.54, 1.807) is 0 Å². The molecule has 0 atom stereocenters. The van der Waals surface area contributed by atoms with Gasteiger partial charge >= 0.3 is 5.97 Å². The minimum Gasteiger partial charge on any atom is -0.481 e. The zero-order valence-corrected chi connectivity index (χ0v) is 11.1. The van der Waals surface area contributed by atoms with Crippen molar-refractivity contribution >= 4 is 17.3 Å². The van der Waals surface area contributed by atoms with Crippen LogP contribution in [0.1, 0.15) is 16.7 Å². The first kappa shape index (κ1) is 13.1. The number of hydrogen-bond donors (Lipinski definition) is 2. The molecule has 0 heterocycles. The minimum absolute atomic E-state index is 0.0611. The number of carbonyl (C=O) groups is 1. The number of aryl methyl sites for hydroxylation is 2. The van der Waals surface area contributed by atoms with Crippen LogP contribution >= 0.6 is 0 Å². The van der Waals surface area contributed by atoms with Gasteiger partial charge in [-0.3, -0.25) is 4.79 Å². The summed E-state index contributed by atoms with van der Waals surface area (Å²) in [5, 5.41) is 12.1. The summed E-state index contributed by atoms with van der Waals surface area (Å²) in [7, 11) is 0. The maximum Gasteiger partial charge on any atom is 0.307 e. The van der Waals surface area contributed by atoms with Crippen LogP contribution < -0.4 is 5.32 Å². The van der Waals surface area contributed by atoms with Crippen molar-refractivity contribution in [2.45, 2.75) is 20.3 Å². The van der Waals surface area contributed by atoms with E-state index in [9.17, 15) is 4.79 Å². The zero-order valence-electron chi connectivity index (χ0n) is 11.1. The van der Waals surface area contributed by atoms with E-state index in [0.717, 1.165) is 22.5 Å². The normalized spacial score (nSPS) is 10.2. The third kappa shape index (κ3) is 3.58. The molecule has 2 N–H and O–H groups in total. The van der Waals surface area contributed by atoms with Crippen LogP contribution in [0.25, 0.3) is 0 Å². The molecule has 0 aliphatic rings. The quantitative estimate of drug-likeness (QED) is 0.876. The fraction of sp³-hybridized carbons (Fsp3) is 0.188. The molecular formula is C16H17NO2. The highest BCUT2D eigenvalue weighted by molar-refractivity contribution is 5.71. The fourth-order valence-electron chi connectivity index (χ4n) is 2.03. The topological polar surface area (TPSA) is 49.3 Å². The molecule has 0 unspecified atom stereocenters. The molecule has 3 nitrogen and oxygen atoms in total. The Labute approximate surface area is 112 Å². The van der Waals surface area contributed by atoms with Crippen molar-refractivity contribution < 1.29 is 9.90 Å². The summed E-state index contributed by atoms with van der Waals surface area (Å²) in [6.45, 7) is 4.03. The Kier molecular flexibility index (Phi) is 3.85. The SMILES string of the molecule is Cc1cccc(Nc2ccc(CC(=O)O)cc2C)c1. The van der Waals surface area contributed by atoms with Crippen LogP contribution in [0.15, 0.2) is 42.5 Å². The third-order valence-corrected chi connectivity index (χ3v) is 2.94. The molecule has 2 aromatic rings. The van der Waals surface area contributed by atoms with Crippen LogP contribution in [0.5, 0.6) is 0 Å². The molecule has 0 aliphatic heterocycles. The molecule has 0 bridgehead atoms. The summed E-state index contributed by atoms with van der Waals surface area (Å²) in [4.78, 5) is 10.7. The highest BCUT2D eigenvalue weighted by atomic mass is 16.4. The lowest BCUT2D eigenvalue weighted by molar-refractivity contribution is -0.136. The first-order valence-electron chi connectivity index (χ1n) is 6.19. The second kappa shape index (κ2) is 5.57. The van der Waals surface area contributed by atoms with Crippen molar-refractivity contribution in [1.29, 1.82) is 0 Å². The van der Waals surface area contributed by atoms with E-state index >= 15 is 0 Å². The molecule has 0 spiro atoms. The number of benzene rings is 2. The van der Waals surface area contributed by atoms with Crippen LogP contribution in [0.4, 0.5) is 11.4 Å². The molecule has 98 valence electrons. The van der Waals surface area contributed by atoms with Crippen molar-refractivity contribution in [3.05, 3.63) is 59.2 Å². The maximum absolute atomic E-state index is 10.7. The molecule has 0 aliphatic carbocycles. The van der Waals surface area contributed by atoms with E-state index in [0.29, 0.717) is 0 Å². The average Bonchev–Trinajstić information content (AvgIpc) is 2.32. The summed E-state index contributed by atoms with van der Waals surface area (Å²) in [5.74, 6) is -0.807. The number of nitrogens with one attached hydrogen (secondary N) is 1. The van der Waals surface area contributed by atoms with Gasteiger partial charge in [-0.2, -0.15) is 0 Å². The second-order valence-corrected chi connectivity index (χ2v) is 4.71. The summed E-state index contributed by atoms with van der Waals surface area (Å²) in [6.07, 6.45) is 0.0611. The van der Waals surface area contributed by atoms with Gasteiger partial charge in [0.25, 0.3) is 0 Å². The summed E-state index contributed by atoms with van der Waals surface area (Å²) >= 11 is 0. The number of carboxylic acid groups (broad SMARTS) is 1. The van der Waals surface area contributed by atoms with Crippen LogP contribution in [-0.4, -0.2) is 11.1 Å². The Balaban J connectivity index is 2.19. The second-order valence-electron chi connectivity index (χ2n) is 4.71. The first-order valence-corrected chi connectivity index (χ1v) is 6.19. The van der Waals surface area contributed by atoms with Crippen LogP contribution in [-0.2, 0) is 11.2 Å². The van der Waals surface area contributed by atoms with E-state index in [1.165, 1.54) is 5.56 Å². The number of rotatable bonds is 4. The van der Waals surface area contributed by atoms with E-state index in [1.807, 2.05) is 50.2 Å². The summed E-state index contributed by atoms with van der Waals surface area (Å²) < 4.78 is 0. The lowest BCUT2D eigenvalue weighted by Gasteiger charge is -2.11. The van der Waals surface area contributed by atoms with Gasteiger partial charge in [0.15, 0.2) is 0 Å².